The standard InChI is InChI=1S/C24H28ClFN4OS/c1-2-16-3-6-19-20(13-27)24(32-22(19)11-16)28-23(31)15-30-9-7-29(8-10-30)14-17-4-5-18(26)12-21(17)25/h4-5,12,16H,2-3,6-11,14-15H2,1H3,(H,28,31). The van der Waals surface area contributed by atoms with Crippen LogP contribution in [0.4, 0.5) is 9.39 Å². The predicted octanol–water partition coefficient (Wildman–Crippen LogP) is 4.68. The van der Waals surface area contributed by atoms with Gasteiger partial charge in [0.1, 0.15) is 16.9 Å². The number of carbonyl (C=O) groups excluding carboxylic acids is 1. The SMILES string of the molecule is CCC1CCc2c(sc(NC(=O)CN3CCN(Cc4ccc(F)cc4Cl)CC3)c2C#N)C1. The van der Waals surface area contributed by atoms with Crippen molar-refractivity contribution in [2.24, 2.45) is 5.92 Å². The topological polar surface area (TPSA) is 59.4 Å². The maximum atomic E-state index is 13.2. The number of carbonyl (C=O) groups is 1. The van der Waals surface area contributed by atoms with Gasteiger partial charge in [0.15, 0.2) is 0 Å². The van der Waals surface area contributed by atoms with Crippen LogP contribution in [0.3, 0.4) is 0 Å². The lowest BCUT2D eigenvalue weighted by atomic mass is 9.86. The van der Waals surface area contributed by atoms with Crippen LogP contribution in [-0.4, -0.2) is 48.4 Å². The van der Waals surface area contributed by atoms with Crippen molar-refractivity contribution in [2.75, 3.05) is 38.0 Å². The number of amides is 1. The number of benzene rings is 1. The van der Waals surface area contributed by atoms with E-state index in [1.165, 1.54) is 17.0 Å². The van der Waals surface area contributed by atoms with Crippen LogP contribution in [0.5, 0.6) is 0 Å². The third-order valence-electron chi connectivity index (χ3n) is 6.55. The zero-order chi connectivity index (χ0) is 22.7. The molecule has 2 aliphatic rings. The van der Waals surface area contributed by atoms with Crippen LogP contribution in [0.1, 0.15) is 41.3 Å². The zero-order valence-corrected chi connectivity index (χ0v) is 19.9. The van der Waals surface area contributed by atoms with Gasteiger partial charge in [-0.25, -0.2) is 4.39 Å². The Morgan fingerprint density at radius 3 is 2.75 bits per heavy atom. The molecule has 1 aromatic heterocycles. The van der Waals surface area contributed by atoms with Crippen molar-refractivity contribution in [1.82, 2.24) is 9.80 Å². The van der Waals surface area contributed by atoms with Crippen LogP contribution < -0.4 is 5.32 Å². The zero-order valence-electron chi connectivity index (χ0n) is 18.3. The summed E-state index contributed by atoms with van der Waals surface area (Å²) < 4.78 is 13.2. The van der Waals surface area contributed by atoms with E-state index in [0.29, 0.717) is 34.6 Å². The molecule has 1 aliphatic carbocycles. The minimum atomic E-state index is -0.328. The molecule has 1 atom stereocenters. The van der Waals surface area contributed by atoms with Crippen LogP contribution in [0.25, 0.3) is 0 Å². The smallest absolute Gasteiger partial charge is 0.239 e. The number of hydrogen-bond acceptors (Lipinski definition) is 5. The van der Waals surface area contributed by atoms with Gasteiger partial charge in [-0.3, -0.25) is 14.6 Å². The Kier molecular flexibility index (Phi) is 7.47. The Morgan fingerprint density at radius 2 is 2.06 bits per heavy atom. The van der Waals surface area contributed by atoms with E-state index in [-0.39, 0.29) is 11.7 Å². The second kappa shape index (κ2) is 10.3. The molecule has 2 aromatic rings. The molecule has 1 unspecified atom stereocenters. The van der Waals surface area contributed by atoms with Gasteiger partial charge in [-0.15, -0.1) is 11.3 Å². The van der Waals surface area contributed by atoms with Crippen molar-refractivity contribution in [3.63, 3.8) is 0 Å². The molecule has 5 nitrogen and oxygen atoms in total. The van der Waals surface area contributed by atoms with E-state index >= 15 is 0 Å². The highest BCUT2D eigenvalue weighted by Gasteiger charge is 2.26. The second-order valence-corrected chi connectivity index (χ2v) is 10.2. The molecule has 1 saturated heterocycles. The Labute approximate surface area is 197 Å². The van der Waals surface area contributed by atoms with E-state index in [9.17, 15) is 14.4 Å². The maximum absolute atomic E-state index is 13.2. The highest BCUT2D eigenvalue weighted by atomic mass is 35.5. The Morgan fingerprint density at radius 1 is 1.31 bits per heavy atom. The Balaban J connectivity index is 1.29. The maximum Gasteiger partial charge on any atom is 0.239 e. The molecule has 1 N–H and O–H groups in total. The third kappa shape index (κ3) is 5.32. The molecular formula is C24H28ClFN4OS. The lowest BCUT2D eigenvalue weighted by Crippen LogP contribution is -2.48. The second-order valence-electron chi connectivity index (χ2n) is 8.67. The van der Waals surface area contributed by atoms with Gasteiger partial charge in [-0.1, -0.05) is 31.0 Å². The molecule has 32 heavy (non-hydrogen) atoms. The molecule has 1 amide bonds. The summed E-state index contributed by atoms with van der Waals surface area (Å²) in [6.45, 7) is 6.38. The number of fused-ring (bicyclic) bond motifs is 1. The van der Waals surface area contributed by atoms with Crippen molar-refractivity contribution in [3.8, 4) is 6.07 Å². The molecule has 1 fully saturated rings. The van der Waals surface area contributed by atoms with Crippen LogP contribution in [0.2, 0.25) is 5.02 Å². The quantitative estimate of drug-likeness (QED) is 0.660. The summed E-state index contributed by atoms with van der Waals surface area (Å²) >= 11 is 7.73. The molecule has 170 valence electrons. The van der Waals surface area contributed by atoms with E-state index in [2.05, 4.69) is 28.1 Å². The predicted molar refractivity (Wildman–Crippen MR) is 127 cm³/mol. The normalized spacial score (nSPS) is 19.4. The van der Waals surface area contributed by atoms with E-state index in [0.717, 1.165) is 63.0 Å². The molecule has 1 aromatic carbocycles. The first-order valence-corrected chi connectivity index (χ1v) is 12.4. The number of thiophene rings is 1. The molecule has 8 heteroatoms. The minimum Gasteiger partial charge on any atom is -0.315 e. The van der Waals surface area contributed by atoms with Crippen LogP contribution in [0.15, 0.2) is 18.2 Å². The Hall–Kier alpha value is -1.98. The average molecular weight is 475 g/mol. The first kappa shape index (κ1) is 23.2. The summed E-state index contributed by atoms with van der Waals surface area (Å²) in [5, 5.41) is 13.8. The number of anilines is 1. The lowest BCUT2D eigenvalue weighted by molar-refractivity contribution is -0.117. The molecule has 1 aliphatic heterocycles. The van der Waals surface area contributed by atoms with Gasteiger partial charge in [0.2, 0.25) is 5.91 Å². The van der Waals surface area contributed by atoms with Gasteiger partial charge in [0.05, 0.1) is 12.1 Å². The summed E-state index contributed by atoms with van der Waals surface area (Å²) in [5.41, 5.74) is 2.72. The fourth-order valence-corrected chi connectivity index (χ4v) is 6.13. The van der Waals surface area contributed by atoms with Crippen LogP contribution >= 0.6 is 22.9 Å². The molecular weight excluding hydrogens is 447 g/mol. The van der Waals surface area contributed by atoms with Gasteiger partial charge >= 0.3 is 0 Å². The summed E-state index contributed by atoms with van der Waals surface area (Å²) in [7, 11) is 0. The highest BCUT2D eigenvalue weighted by molar-refractivity contribution is 7.16. The van der Waals surface area contributed by atoms with Crippen molar-refractivity contribution < 1.29 is 9.18 Å². The number of nitriles is 1. The van der Waals surface area contributed by atoms with Gasteiger partial charge in [-0.2, -0.15) is 5.26 Å². The van der Waals surface area contributed by atoms with E-state index in [4.69, 9.17) is 11.6 Å². The fraction of sp³-hybridized carbons (Fsp3) is 0.500. The van der Waals surface area contributed by atoms with Crippen LogP contribution in [-0.2, 0) is 24.2 Å². The van der Waals surface area contributed by atoms with Gasteiger partial charge in [0, 0.05) is 42.6 Å². The molecule has 4 rings (SSSR count). The monoisotopic (exact) mass is 474 g/mol. The molecule has 0 saturated carbocycles. The fourth-order valence-electron chi connectivity index (χ4n) is 4.57. The number of nitrogens with zero attached hydrogens (tertiary/aromatic N) is 3. The molecule has 0 radical (unpaired) electrons. The van der Waals surface area contributed by atoms with Crippen LogP contribution in [0, 0.1) is 23.1 Å². The van der Waals surface area contributed by atoms with Crippen molar-refractivity contribution in [2.45, 2.75) is 39.2 Å². The summed E-state index contributed by atoms with van der Waals surface area (Å²) in [6, 6.07) is 6.83. The number of hydrogen-bond donors (Lipinski definition) is 1. The van der Waals surface area contributed by atoms with Gasteiger partial charge in [0.25, 0.3) is 0 Å². The van der Waals surface area contributed by atoms with Crippen molar-refractivity contribution in [3.05, 3.63) is 50.6 Å². The average Bonchev–Trinajstić information content (AvgIpc) is 3.12. The first-order valence-electron chi connectivity index (χ1n) is 11.2. The Bertz CT molecular complexity index is 1030. The number of piperazine rings is 1. The summed E-state index contributed by atoms with van der Waals surface area (Å²) in [5.74, 6) is 0.283. The number of rotatable bonds is 6. The minimum absolute atomic E-state index is 0.0674. The third-order valence-corrected chi connectivity index (χ3v) is 8.07. The van der Waals surface area contributed by atoms with Gasteiger partial charge in [-0.05, 0) is 48.4 Å². The summed E-state index contributed by atoms with van der Waals surface area (Å²) in [6.07, 6.45) is 4.22. The van der Waals surface area contributed by atoms with E-state index in [1.54, 1.807) is 17.4 Å². The molecule has 0 spiro atoms. The number of nitrogens with one attached hydrogen (secondary N) is 1. The lowest BCUT2D eigenvalue weighted by Gasteiger charge is -2.34. The van der Waals surface area contributed by atoms with Crippen molar-refractivity contribution in [1.29, 1.82) is 5.26 Å². The highest BCUT2D eigenvalue weighted by Crippen LogP contribution is 2.40. The molecule has 0 bridgehead atoms. The first-order chi connectivity index (χ1) is 15.5. The van der Waals surface area contributed by atoms with E-state index in [1.807, 2.05) is 0 Å². The van der Waals surface area contributed by atoms with Crippen molar-refractivity contribution >= 4 is 33.8 Å². The van der Waals surface area contributed by atoms with Gasteiger partial charge < -0.3 is 5.32 Å². The van der Waals surface area contributed by atoms with E-state index < -0.39 is 0 Å². The summed E-state index contributed by atoms with van der Waals surface area (Å²) in [4.78, 5) is 18.4. The largest absolute Gasteiger partial charge is 0.315 e. The number of halogens is 2. The molecule has 2 heterocycles.